The van der Waals surface area contributed by atoms with E-state index in [1.807, 2.05) is 6.92 Å². The van der Waals surface area contributed by atoms with Crippen molar-refractivity contribution in [3.63, 3.8) is 0 Å². The molecule has 0 N–H and O–H groups in total. The number of hydrogen-bond donors (Lipinski definition) is 0. The highest BCUT2D eigenvalue weighted by Crippen LogP contribution is 2.09. The van der Waals surface area contributed by atoms with E-state index in [9.17, 15) is 0 Å². The molecule has 4 heteroatoms. The number of aryl methyl sites for hydroxylation is 1. The summed E-state index contributed by atoms with van der Waals surface area (Å²) in [6.45, 7) is 7.11. The first kappa shape index (κ1) is 8.71. The molecule has 0 fully saturated rings. The molecule has 0 aromatic carbocycles. The highest BCUT2D eigenvalue weighted by molar-refractivity contribution is 9.10. The molecule has 0 spiro atoms. The minimum Gasteiger partial charge on any atom is -0.183 e. The van der Waals surface area contributed by atoms with E-state index in [-0.39, 0.29) is 0 Å². The van der Waals surface area contributed by atoms with E-state index < -0.39 is 0 Å². The van der Waals surface area contributed by atoms with E-state index in [1.54, 1.807) is 4.80 Å². The lowest BCUT2D eigenvalue weighted by molar-refractivity contribution is 0.435. The largest absolute Gasteiger partial charge is 0.183 e. The molecule has 0 amide bonds. The van der Waals surface area contributed by atoms with Gasteiger partial charge in [-0.25, -0.2) is 0 Å². The van der Waals surface area contributed by atoms with Crippen molar-refractivity contribution in [3.8, 4) is 0 Å². The zero-order valence-corrected chi connectivity index (χ0v) is 8.59. The van der Waals surface area contributed by atoms with Crippen LogP contribution in [0.2, 0.25) is 0 Å². The predicted molar refractivity (Wildman–Crippen MR) is 47.3 cm³/mol. The Balaban J connectivity index is 2.73. The fourth-order valence-corrected chi connectivity index (χ4v) is 1.08. The molecular weight excluding hydrogens is 206 g/mol. The quantitative estimate of drug-likeness (QED) is 0.760. The van der Waals surface area contributed by atoms with E-state index in [1.165, 1.54) is 0 Å². The van der Waals surface area contributed by atoms with Crippen LogP contribution in [-0.2, 0) is 6.54 Å². The summed E-state index contributed by atoms with van der Waals surface area (Å²) in [4.78, 5) is 1.73. The molecule has 0 saturated carbocycles. The Morgan fingerprint density at radius 1 is 1.45 bits per heavy atom. The maximum absolute atomic E-state index is 4.21. The van der Waals surface area contributed by atoms with Gasteiger partial charge in [-0.2, -0.15) is 9.90 Å². The summed E-state index contributed by atoms with van der Waals surface area (Å²) < 4.78 is 0.846. The summed E-state index contributed by atoms with van der Waals surface area (Å²) in [5.41, 5.74) is 0.950. The summed E-state index contributed by atoms with van der Waals surface area (Å²) in [5, 5.41) is 8.38. The van der Waals surface area contributed by atoms with E-state index >= 15 is 0 Å². The first-order chi connectivity index (χ1) is 5.09. The second-order valence-electron chi connectivity index (χ2n) is 3.02. The molecule has 1 heterocycles. The van der Waals surface area contributed by atoms with Crippen molar-refractivity contribution in [1.82, 2.24) is 15.0 Å². The summed E-state index contributed by atoms with van der Waals surface area (Å²) in [6, 6.07) is 0. The van der Waals surface area contributed by atoms with Gasteiger partial charge in [-0.15, -0.1) is 5.10 Å². The molecule has 1 aromatic rings. The first-order valence-electron chi connectivity index (χ1n) is 3.67. The maximum atomic E-state index is 4.21. The zero-order valence-electron chi connectivity index (χ0n) is 7.00. The molecule has 11 heavy (non-hydrogen) atoms. The minimum absolute atomic E-state index is 0.591. The molecule has 0 aliphatic heterocycles. The van der Waals surface area contributed by atoms with Crippen LogP contribution >= 0.6 is 15.9 Å². The number of hydrogen-bond acceptors (Lipinski definition) is 2. The van der Waals surface area contributed by atoms with Crippen LogP contribution in [0.15, 0.2) is 4.60 Å². The van der Waals surface area contributed by atoms with Gasteiger partial charge in [-0.3, -0.25) is 0 Å². The van der Waals surface area contributed by atoms with Crippen LogP contribution in [-0.4, -0.2) is 15.0 Å². The van der Waals surface area contributed by atoms with Crippen molar-refractivity contribution in [2.75, 3.05) is 0 Å². The third-order valence-corrected chi connectivity index (χ3v) is 2.03. The van der Waals surface area contributed by atoms with Crippen LogP contribution < -0.4 is 0 Å². The Morgan fingerprint density at radius 3 is 2.45 bits per heavy atom. The Bertz CT molecular complexity index is 222. The van der Waals surface area contributed by atoms with Crippen LogP contribution in [0, 0.1) is 12.8 Å². The first-order valence-corrected chi connectivity index (χ1v) is 4.46. The molecule has 0 radical (unpaired) electrons. The van der Waals surface area contributed by atoms with Gasteiger partial charge < -0.3 is 0 Å². The lowest BCUT2D eigenvalue weighted by atomic mass is 10.2. The lowest BCUT2D eigenvalue weighted by Gasteiger charge is -2.01. The average Bonchev–Trinajstić information content (AvgIpc) is 2.10. The molecule has 0 aliphatic rings. The molecule has 1 aromatic heterocycles. The fraction of sp³-hybridized carbons (Fsp3) is 0.714. The van der Waals surface area contributed by atoms with Crippen LogP contribution in [0.5, 0.6) is 0 Å². The van der Waals surface area contributed by atoms with E-state index in [0.717, 1.165) is 16.8 Å². The van der Waals surface area contributed by atoms with Gasteiger partial charge in [0.1, 0.15) is 0 Å². The van der Waals surface area contributed by atoms with Gasteiger partial charge in [0.15, 0.2) is 4.60 Å². The molecule has 0 saturated heterocycles. The van der Waals surface area contributed by atoms with Gasteiger partial charge >= 0.3 is 0 Å². The van der Waals surface area contributed by atoms with Gasteiger partial charge in [-0.1, -0.05) is 13.8 Å². The molecule has 0 bridgehead atoms. The Morgan fingerprint density at radius 2 is 2.09 bits per heavy atom. The monoisotopic (exact) mass is 217 g/mol. The van der Waals surface area contributed by atoms with Crippen molar-refractivity contribution < 1.29 is 0 Å². The molecular formula is C7H12BrN3. The third kappa shape index (κ3) is 2.29. The molecule has 3 nitrogen and oxygen atoms in total. The lowest BCUT2D eigenvalue weighted by Crippen LogP contribution is -2.07. The molecule has 0 unspecified atom stereocenters. The van der Waals surface area contributed by atoms with E-state index in [2.05, 4.69) is 40.0 Å². The van der Waals surface area contributed by atoms with Gasteiger partial charge in [0.05, 0.1) is 12.2 Å². The van der Waals surface area contributed by atoms with Crippen molar-refractivity contribution in [3.05, 3.63) is 10.3 Å². The zero-order chi connectivity index (χ0) is 8.43. The highest BCUT2D eigenvalue weighted by atomic mass is 79.9. The van der Waals surface area contributed by atoms with Gasteiger partial charge in [0.2, 0.25) is 0 Å². The van der Waals surface area contributed by atoms with Gasteiger partial charge in [0, 0.05) is 0 Å². The minimum atomic E-state index is 0.591. The normalized spacial score (nSPS) is 11.0. The summed E-state index contributed by atoms with van der Waals surface area (Å²) in [7, 11) is 0. The standard InChI is InChI=1S/C7H12BrN3/c1-5(2)4-11-9-6(3)7(8)10-11/h5H,4H2,1-3H3. The van der Waals surface area contributed by atoms with Crippen molar-refractivity contribution in [2.45, 2.75) is 27.3 Å². The van der Waals surface area contributed by atoms with Gasteiger partial charge in [0.25, 0.3) is 0 Å². The van der Waals surface area contributed by atoms with E-state index in [4.69, 9.17) is 0 Å². The van der Waals surface area contributed by atoms with Crippen LogP contribution in [0.4, 0.5) is 0 Å². The molecule has 0 aliphatic carbocycles. The van der Waals surface area contributed by atoms with Crippen molar-refractivity contribution in [2.24, 2.45) is 5.92 Å². The second-order valence-corrected chi connectivity index (χ2v) is 3.78. The molecule has 0 atom stereocenters. The summed E-state index contributed by atoms with van der Waals surface area (Å²) >= 11 is 3.31. The van der Waals surface area contributed by atoms with Crippen LogP contribution in [0.3, 0.4) is 0 Å². The molecule has 62 valence electrons. The van der Waals surface area contributed by atoms with Gasteiger partial charge in [-0.05, 0) is 28.8 Å². The highest BCUT2D eigenvalue weighted by Gasteiger charge is 2.03. The van der Waals surface area contributed by atoms with Crippen molar-refractivity contribution >= 4 is 15.9 Å². The molecule has 1 rings (SSSR count). The Kier molecular flexibility index (Phi) is 2.65. The number of aromatic nitrogens is 3. The Hall–Kier alpha value is -0.380. The maximum Gasteiger partial charge on any atom is 0.151 e. The SMILES string of the molecule is Cc1nn(CC(C)C)nc1Br. The van der Waals surface area contributed by atoms with Crippen LogP contribution in [0.25, 0.3) is 0 Å². The van der Waals surface area contributed by atoms with Crippen LogP contribution in [0.1, 0.15) is 19.5 Å². The topological polar surface area (TPSA) is 30.7 Å². The summed E-state index contributed by atoms with van der Waals surface area (Å²) in [6.07, 6.45) is 0. The smallest absolute Gasteiger partial charge is 0.151 e. The number of rotatable bonds is 2. The van der Waals surface area contributed by atoms with Crippen molar-refractivity contribution in [1.29, 1.82) is 0 Å². The van der Waals surface area contributed by atoms with E-state index in [0.29, 0.717) is 5.92 Å². The average molecular weight is 218 g/mol. The Labute approximate surface area is 74.9 Å². The number of halogens is 1. The fourth-order valence-electron chi connectivity index (χ4n) is 0.819. The number of nitrogens with zero attached hydrogens (tertiary/aromatic N) is 3. The predicted octanol–water partition coefficient (Wildman–Crippen LogP) is 2.01. The summed E-state index contributed by atoms with van der Waals surface area (Å²) in [5.74, 6) is 0.591. The second kappa shape index (κ2) is 3.34. The third-order valence-electron chi connectivity index (χ3n) is 1.30.